The molecule has 1 heterocycles. The van der Waals surface area contributed by atoms with Crippen LogP contribution >= 0.6 is 15.9 Å². The highest BCUT2D eigenvalue weighted by Gasteiger charge is 2.38. The number of methoxy groups -OCH3 is 1. The lowest BCUT2D eigenvalue weighted by molar-refractivity contribution is -0.138. The molecular weight excluding hydrogens is 434 g/mol. The molecule has 1 amide bonds. The molecule has 0 spiro atoms. The molecule has 1 aliphatic rings. The largest absolute Gasteiger partial charge is 0.496 e. The third-order valence-corrected chi connectivity index (χ3v) is 5.16. The van der Waals surface area contributed by atoms with Gasteiger partial charge in [-0.15, -0.1) is 0 Å². The van der Waals surface area contributed by atoms with Crippen molar-refractivity contribution in [3.63, 3.8) is 0 Å². The third-order valence-electron chi connectivity index (χ3n) is 4.66. The molecule has 150 valence electrons. The van der Waals surface area contributed by atoms with E-state index in [0.29, 0.717) is 22.7 Å². The molecule has 1 aliphatic heterocycles. The summed E-state index contributed by atoms with van der Waals surface area (Å²) in [5, 5.41) is 0. The van der Waals surface area contributed by atoms with Crippen LogP contribution in [0.2, 0.25) is 0 Å². The van der Waals surface area contributed by atoms with Crippen molar-refractivity contribution in [1.82, 2.24) is 0 Å². The van der Waals surface area contributed by atoms with Gasteiger partial charge in [-0.05, 0) is 57.2 Å². The minimum Gasteiger partial charge on any atom is -0.496 e. The van der Waals surface area contributed by atoms with Crippen molar-refractivity contribution in [2.24, 2.45) is 0 Å². The number of carbonyl (C=O) groups excluding carboxylic acids is 2. The number of esters is 1. The van der Waals surface area contributed by atoms with Crippen molar-refractivity contribution < 1.29 is 19.1 Å². The monoisotopic (exact) mass is 455 g/mol. The number of ether oxygens (including phenoxy) is 2. The minimum absolute atomic E-state index is 0.224. The Hall–Kier alpha value is -2.86. The second kappa shape index (κ2) is 8.66. The van der Waals surface area contributed by atoms with Gasteiger partial charge in [-0.25, -0.2) is 4.79 Å². The van der Waals surface area contributed by atoms with Crippen LogP contribution in [0.3, 0.4) is 0 Å². The van der Waals surface area contributed by atoms with Gasteiger partial charge in [0, 0.05) is 21.4 Å². The van der Waals surface area contributed by atoms with Crippen LogP contribution in [0.1, 0.15) is 25.0 Å². The van der Waals surface area contributed by atoms with Crippen molar-refractivity contribution in [1.29, 1.82) is 0 Å². The summed E-state index contributed by atoms with van der Waals surface area (Å²) in [5.74, 6) is -0.201. The van der Waals surface area contributed by atoms with Crippen molar-refractivity contribution in [3.05, 3.63) is 74.9 Å². The number of hydrogen-bond donors (Lipinski definition) is 0. The maximum Gasteiger partial charge on any atom is 0.340 e. The molecule has 0 bridgehead atoms. The zero-order chi connectivity index (χ0) is 21.1. The normalized spacial score (nSPS) is 15.3. The van der Waals surface area contributed by atoms with Crippen LogP contribution < -0.4 is 9.64 Å². The van der Waals surface area contributed by atoms with Gasteiger partial charge in [0.15, 0.2) is 0 Å². The van der Waals surface area contributed by atoms with Gasteiger partial charge in [0.25, 0.3) is 5.91 Å². The summed E-state index contributed by atoms with van der Waals surface area (Å²) < 4.78 is 11.5. The molecule has 0 unspecified atom stereocenters. The van der Waals surface area contributed by atoms with Crippen molar-refractivity contribution >= 4 is 39.6 Å². The maximum atomic E-state index is 13.4. The molecule has 0 radical (unpaired) electrons. The van der Waals surface area contributed by atoms with E-state index in [-0.39, 0.29) is 23.7 Å². The first-order chi connectivity index (χ1) is 13.9. The summed E-state index contributed by atoms with van der Waals surface area (Å²) in [7, 11) is 1.56. The van der Waals surface area contributed by atoms with E-state index in [1.807, 2.05) is 43.3 Å². The Morgan fingerprint density at radius 1 is 1.14 bits per heavy atom. The lowest BCUT2D eigenvalue weighted by Gasteiger charge is -2.18. The average molecular weight is 456 g/mol. The predicted octanol–water partition coefficient (Wildman–Crippen LogP) is 5.03. The number of amides is 1. The molecule has 3 rings (SSSR count). The van der Waals surface area contributed by atoms with E-state index in [0.717, 1.165) is 10.0 Å². The lowest BCUT2D eigenvalue weighted by atomic mass is 10.0. The molecule has 2 aromatic carbocycles. The van der Waals surface area contributed by atoms with Crippen LogP contribution in [0.15, 0.2) is 63.8 Å². The van der Waals surface area contributed by atoms with Crippen LogP contribution in [0.4, 0.5) is 5.69 Å². The average Bonchev–Trinajstić information content (AvgIpc) is 2.93. The molecule has 0 saturated heterocycles. The van der Waals surface area contributed by atoms with Gasteiger partial charge >= 0.3 is 5.97 Å². The molecule has 0 N–H and O–H groups in total. The number of carbonyl (C=O) groups is 2. The Bertz CT molecular complexity index is 1020. The molecule has 0 fully saturated rings. The summed E-state index contributed by atoms with van der Waals surface area (Å²) in [6.45, 7) is 5.70. The first kappa shape index (κ1) is 20.9. The van der Waals surface area contributed by atoms with E-state index in [9.17, 15) is 9.59 Å². The Labute approximate surface area is 178 Å². The van der Waals surface area contributed by atoms with Crippen molar-refractivity contribution in [3.8, 4) is 5.75 Å². The van der Waals surface area contributed by atoms with Gasteiger partial charge in [0.1, 0.15) is 5.75 Å². The van der Waals surface area contributed by atoms with Crippen LogP contribution in [-0.2, 0) is 14.3 Å². The number of hydrogen-bond acceptors (Lipinski definition) is 4. The van der Waals surface area contributed by atoms with Gasteiger partial charge in [-0.2, -0.15) is 0 Å². The molecule has 5 nitrogen and oxygen atoms in total. The zero-order valence-corrected chi connectivity index (χ0v) is 18.4. The summed E-state index contributed by atoms with van der Waals surface area (Å²) in [6.07, 6.45) is 1.68. The lowest BCUT2D eigenvalue weighted by Crippen LogP contribution is -2.24. The van der Waals surface area contributed by atoms with Crippen LogP contribution in [0.25, 0.3) is 6.08 Å². The van der Waals surface area contributed by atoms with E-state index in [1.165, 1.54) is 0 Å². The number of rotatable bonds is 5. The number of aryl methyl sites for hydroxylation is 1. The molecule has 0 aromatic heterocycles. The first-order valence-electron chi connectivity index (χ1n) is 9.22. The standard InChI is InChI=1S/C23H22BrNO4/c1-5-29-23(27)21-15(3)25(18-9-6-14(2)7-10-18)22(26)19(21)13-16-12-17(24)8-11-20(16)28-4/h6-13H,5H2,1-4H3/b19-13-. The van der Waals surface area contributed by atoms with Crippen LogP contribution in [0, 0.1) is 6.92 Å². The Kier molecular flexibility index (Phi) is 6.23. The quantitative estimate of drug-likeness (QED) is 0.468. The van der Waals surface area contributed by atoms with Crippen LogP contribution in [0.5, 0.6) is 5.75 Å². The second-order valence-corrected chi connectivity index (χ2v) is 7.52. The number of benzene rings is 2. The number of allylic oxidation sites excluding steroid dienone is 1. The molecule has 0 saturated carbocycles. The minimum atomic E-state index is -0.520. The highest BCUT2D eigenvalue weighted by Crippen LogP contribution is 2.37. The van der Waals surface area contributed by atoms with E-state index in [1.54, 1.807) is 38.0 Å². The van der Waals surface area contributed by atoms with Gasteiger partial charge < -0.3 is 9.47 Å². The molecule has 2 aromatic rings. The zero-order valence-electron chi connectivity index (χ0n) is 16.8. The maximum absolute atomic E-state index is 13.4. The van der Waals surface area contributed by atoms with Gasteiger partial charge in [0.2, 0.25) is 0 Å². The van der Waals surface area contributed by atoms with E-state index >= 15 is 0 Å². The smallest absolute Gasteiger partial charge is 0.340 e. The predicted molar refractivity (Wildman–Crippen MR) is 117 cm³/mol. The molecule has 0 atom stereocenters. The SMILES string of the molecule is CCOC(=O)C1=C(C)N(c2ccc(C)cc2)C(=O)/C1=C\c1cc(Br)ccc1OC. The number of halogens is 1. The fourth-order valence-corrected chi connectivity index (χ4v) is 3.64. The van der Waals surface area contributed by atoms with E-state index < -0.39 is 5.97 Å². The highest BCUT2D eigenvalue weighted by atomic mass is 79.9. The summed E-state index contributed by atoms with van der Waals surface area (Å²) in [6, 6.07) is 13.1. The topological polar surface area (TPSA) is 55.8 Å². The molecular formula is C23H22BrNO4. The van der Waals surface area contributed by atoms with Gasteiger partial charge in [0.05, 0.1) is 24.9 Å². The van der Waals surface area contributed by atoms with E-state index in [2.05, 4.69) is 15.9 Å². The van der Waals surface area contributed by atoms with E-state index in [4.69, 9.17) is 9.47 Å². The Morgan fingerprint density at radius 2 is 1.83 bits per heavy atom. The molecule has 29 heavy (non-hydrogen) atoms. The Balaban J connectivity index is 2.17. The highest BCUT2D eigenvalue weighted by molar-refractivity contribution is 9.10. The third kappa shape index (κ3) is 4.12. The first-order valence-corrected chi connectivity index (χ1v) is 10.0. The second-order valence-electron chi connectivity index (χ2n) is 6.60. The van der Waals surface area contributed by atoms with Gasteiger partial charge in [-0.3, -0.25) is 9.69 Å². The Morgan fingerprint density at radius 3 is 2.45 bits per heavy atom. The van der Waals surface area contributed by atoms with Crippen molar-refractivity contribution in [2.45, 2.75) is 20.8 Å². The number of anilines is 1. The molecule has 0 aliphatic carbocycles. The van der Waals surface area contributed by atoms with Crippen molar-refractivity contribution in [2.75, 3.05) is 18.6 Å². The fourth-order valence-electron chi connectivity index (χ4n) is 3.26. The fraction of sp³-hybridized carbons (Fsp3) is 0.217. The van der Waals surface area contributed by atoms with Gasteiger partial charge in [-0.1, -0.05) is 33.6 Å². The number of nitrogens with zero attached hydrogens (tertiary/aromatic N) is 1. The summed E-state index contributed by atoms with van der Waals surface area (Å²) in [4.78, 5) is 27.6. The van der Waals surface area contributed by atoms with Crippen LogP contribution in [-0.4, -0.2) is 25.6 Å². The molecule has 6 heteroatoms. The summed E-state index contributed by atoms with van der Waals surface area (Å²) in [5.41, 5.74) is 3.55. The summed E-state index contributed by atoms with van der Waals surface area (Å²) >= 11 is 3.44.